The van der Waals surface area contributed by atoms with E-state index in [4.69, 9.17) is 24.3 Å². The van der Waals surface area contributed by atoms with Crippen LogP contribution in [-0.2, 0) is 32.7 Å². The highest BCUT2D eigenvalue weighted by molar-refractivity contribution is 7.47. The standard InChI is InChI=1S/C67H106NO8P/c1-3-5-7-9-11-13-15-17-19-20-21-22-23-24-25-26-27-28-29-30-31-32-33-34-35-36-37-38-39-40-41-42-43-44-46-48-50-52-54-56-58-60-67(70)76-65(64-75-77(71,72)74-62-61-68)63-73-66(69)59-57-55-53-51-49-47-45-18-16-14-12-10-8-6-4-2/h5-8,11-14,17-19,21-22,24-25,27-28,30-31,33-34,36-37,45,49,51,55,57,65H,3-4,9-10,15-16,20,23,26,29,32,35,38-44,46-48,50,52-54,56,58-64,68H2,1-2H3,(H,71,72)/b7-5-,8-6-,13-11-,14-12-,19-17-,22-21-,25-24-,28-27-,31-30-,34-33-,37-36-,45-18-,51-49-,57-55-. The Morgan fingerprint density at radius 2 is 0.714 bits per heavy atom. The number of phosphoric ester groups is 1. The fourth-order valence-electron chi connectivity index (χ4n) is 7.35. The van der Waals surface area contributed by atoms with Crippen molar-refractivity contribution in [3.05, 3.63) is 170 Å². The van der Waals surface area contributed by atoms with Crippen LogP contribution in [0.5, 0.6) is 0 Å². The zero-order valence-electron chi connectivity index (χ0n) is 48.1. The number of ether oxygens (including phenoxy) is 2. The Labute approximate surface area is 470 Å². The summed E-state index contributed by atoms with van der Waals surface area (Å²) >= 11 is 0. The monoisotopic (exact) mass is 1080 g/mol. The number of unbranched alkanes of at least 4 members (excludes halogenated alkanes) is 13. The second-order valence-corrected chi connectivity index (χ2v) is 20.2. The third kappa shape index (κ3) is 60.5. The second kappa shape index (κ2) is 60.6. The van der Waals surface area contributed by atoms with E-state index in [0.717, 1.165) is 103 Å². The summed E-state index contributed by atoms with van der Waals surface area (Å²) in [6, 6.07) is 0. The van der Waals surface area contributed by atoms with Crippen molar-refractivity contribution in [1.82, 2.24) is 0 Å². The van der Waals surface area contributed by atoms with Crippen molar-refractivity contribution < 1.29 is 37.6 Å². The van der Waals surface area contributed by atoms with Crippen LogP contribution in [-0.4, -0.2) is 49.3 Å². The maximum Gasteiger partial charge on any atom is 0.472 e. The first-order valence-electron chi connectivity index (χ1n) is 29.6. The number of allylic oxidation sites excluding steroid dienone is 27. The molecule has 2 atom stereocenters. The summed E-state index contributed by atoms with van der Waals surface area (Å²) in [4.78, 5) is 35.0. The number of esters is 2. The van der Waals surface area contributed by atoms with Crippen LogP contribution in [0.2, 0.25) is 0 Å². The number of rotatable bonds is 53. The molecule has 0 aromatic carbocycles. The Morgan fingerprint density at radius 1 is 0.403 bits per heavy atom. The molecule has 0 aliphatic rings. The van der Waals surface area contributed by atoms with Gasteiger partial charge in [0.2, 0.25) is 0 Å². The van der Waals surface area contributed by atoms with Crippen LogP contribution in [0.4, 0.5) is 0 Å². The Balaban J connectivity index is 3.98. The van der Waals surface area contributed by atoms with E-state index in [1.54, 1.807) is 6.08 Å². The average molecular weight is 1080 g/mol. The minimum Gasteiger partial charge on any atom is -0.461 e. The molecule has 2 unspecified atom stereocenters. The molecule has 0 amide bonds. The molecule has 0 fully saturated rings. The van der Waals surface area contributed by atoms with Gasteiger partial charge in [0, 0.05) is 13.0 Å². The van der Waals surface area contributed by atoms with E-state index in [2.05, 4.69) is 166 Å². The van der Waals surface area contributed by atoms with E-state index in [-0.39, 0.29) is 32.6 Å². The molecular formula is C67H106NO8P. The first-order chi connectivity index (χ1) is 37.8. The molecule has 3 N–H and O–H groups in total. The van der Waals surface area contributed by atoms with Crippen molar-refractivity contribution in [1.29, 1.82) is 0 Å². The fraction of sp³-hybridized carbons (Fsp3) is 0.552. The largest absolute Gasteiger partial charge is 0.472 e. The van der Waals surface area contributed by atoms with E-state index in [1.807, 2.05) is 12.2 Å². The van der Waals surface area contributed by atoms with Crippen LogP contribution in [0.1, 0.15) is 206 Å². The summed E-state index contributed by atoms with van der Waals surface area (Å²) in [5, 5.41) is 0. The summed E-state index contributed by atoms with van der Waals surface area (Å²) in [5.41, 5.74) is 5.37. The normalized spacial score (nSPS) is 14.3. The highest BCUT2D eigenvalue weighted by atomic mass is 31.2. The number of carbonyl (C=O) groups is 2. The highest BCUT2D eigenvalue weighted by Crippen LogP contribution is 2.43. The van der Waals surface area contributed by atoms with Gasteiger partial charge in [0.1, 0.15) is 6.61 Å². The number of phosphoric acid groups is 1. The third-order valence-corrected chi connectivity index (χ3v) is 12.6. The van der Waals surface area contributed by atoms with Crippen LogP contribution >= 0.6 is 7.82 Å². The highest BCUT2D eigenvalue weighted by Gasteiger charge is 2.26. The average Bonchev–Trinajstić information content (AvgIpc) is 3.42. The molecule has 0 aliphatic heterocycles. The van der Waals surface area contributed by atoms with Gasteiger partial charge in [-0.3, -0.25) is 18.6 Å². The molecule has 0 saturated carbocycles. The van der Waals surface area contributed by atoms with Crippen molar-refractivity contribution in [3.8, 4) is 0 Å². The lowest BCUT2D eigenvalue weighted by Crippen LogP contribution is -2.29. The third-order valence-electron chi connectivity index (χ3n) is 11.6. The van der Waals surface area contributed by atoms with Gasteiger partial charge in [-0.1, -0.05) is 255 Å². The molecule has 0 aromatic heterocycles. The van der Waals surface area contributed by atoms with Crippen LogP contribution in [0.25, 0.3) is 0 Å². The molecule has 0 saturated heterocycles. The van der Waals surface area contributed by atoms with Gasteiger partial charge in [-0.2, -0.15) is 0 Å². The summed E-state index contributed by atoms with van der Waals surface area (Å²) in [6.07, 6.45) is 90.3. The molecule has 0 aliphatic carbocycles. The summed E-state index contributed by atoms with van der Waals surface area (Å²) in [5.74, 6) is -0.989. The maximum atomic E-state index is 12.7. The second-order valence-electron chi connectivity index (χ2n) is 18.8. The van der Waals surface area contributed by atoms with E-state index < -0.39 is 32.5 Å². The summed E-state index contributed by atoms with van der Waals surface area (Å²) < 4.78 is 32.8. The predicted octanol–water partition coefficient (Wildman–Crippen LogP) is 19.1. The number of hydrogen-bond acceptors (Lipinski definition) is 8. The van der Waals surface area contributed by atoms with Gasteiger partial charge in [0.15, 0.2) is 6.10 Å². The van der Waals surface area contributed by atoms with E-state index in [1.165, 1.54) is 64.2 Å². The topological polar surface area (TPSA) is 134 Å². The maximum absolute atomic E-state index is 12.7. The number of hydrogen-bond donors (Lipinski definition) is 2. The molecule has 0 bridgehead atoms. The molecular weight excluding hydrogens is 978 g/mol. The lowest BCUT2D eigenvalue weighted by Gasteiger charge is -2.19. The fourth-order valence-corrected chi connectivity index (χ4v) is 8.11. The molecule has 77 heavy (non-hydrogen) atoms. The van der Waals surface area contributed by atoms with Gasteiger partial charge >= 0.3 is 19.8 Å². The van der Waals surface area contributed by atoms with Gasteiger partial charge in [-0.05, 0) is 109 Å². The van der Waals surface area contributed by atoms with Gasteiger partial charge in [0.25, 0.3) is 0 Å². The molecule has 0 radical (unpaired) electrons. The Kier molecular flexibility index (Phi) is 57.0. The Bertz CT molecular complexity index is 1860. The van der Waals surface area contributed by atoms with Crippen molar-refractivity contribution >= 4 is 19.8 Å². The van der Waals surface area contributed by atoms with Crippen molar-refractivity contribution in [3.63, 3.8) is 0 Å². The summed E-state index contributed by atoms with van der Waals surface area (Å²) in [7, 11) is -4.42. The first kappa shape index (κ1) is 72.4. The Morgan fingerprint density at radius 3 is 1.06 bits per heavy atom. The Hall–Kier alpha value is -4.63. The van der Waals surface area contributed by atoms with Crippen LogP contribution in [0, 0.1) is 0 Å². The lowest BCUT2D eigenvalue weighted by molar-refractivity contribution is -0.160. The van der Waals surface area contributed by atoms with E-state index in [0.29, 0.717) is 12.8 Å². The molecule has 0 heterocycles. The zero-order chi connectivity index (χ0) is 55.9. The molecule has 10 heteroatoms. The van der Waals surface area contributed by atoms with Crippen LogP contribution in [0.3, 0.4) is 0 Å². The molecule has 0 spiro atoms. The van der Waals surface area contributed by atoms with E-state index in [9.17, 15) is 19.0 Å². The molecule has 0 aromatic rings. The smallest absolute Gasteiger partial charge is 0.461 e. The minimum atomic E-state index is -4.42. The zero-order valence-corrected chi connectivity index (χ0v) is 49.0. The summed E-state index contributed by atoms with van der Waals surface area (Å²) in [6.45, 7) is 3.37. The lowest BCUT2D eigenvalue weighted by atomic mass is 10.0. The quantitative estimate of drug-likeness (QED) is 0.0264. The first-order valence-corrected chi connectivity index (χ1v) is 31.1. The van der Waals surface area contributed by atoms with Crippen LogP contribution < -0.4 is 5.73 Å². The predicted molar refractivity (Wildman–Crippen MR) is 329 cm³/mol. The van der Waals surface area contributed by atoms with Gasteiger partial charge in [-0.25, -0.2) is 4.57 Å². The van der Waals surface area contributed by atoms with Gasteiger partial charge in [-0.15, -0.1) is 0 Å². The number of nitrogens with two attached hydrogens (primary N) is 1. The SMILES string of the molecule is CC/C=C\C/C=C\C/C=C\C/C=C\C/C=C\C/C=C\C/C=C\C/C=C\C/C=C\CCCCCCCCCCCCCCCC(=O)OC(COC(=O)C/C=C\C/C=C\C/C=C\C/C=C\C/C=C\CC)COP(=O)(O)OCCN. The van der Waals surface area contributed by atoms with Crippen molar-refractivity contribution in [2.75, 3.05) is 26.4 Å². The van der Waals surface area contributed by atoms with E-state index >= 15 is 0 Å². The van der Waals surface area contributed by atoms with Crippen molar-refractivity contribution in [2.24, 2.45) is 5.73 Å². The minimum absolute atomic E-state index is 0.0339. The van der Waals surface area contributed by atoms with Crippen molar-refractivity contribution in [2.45, 2.75) is 213 Å². The molecule has 0 rings (SSSR count). The van der Waals surface area contributed by atoms with Gasteiger partial charge in [0.05, 0.1) is 19.6 Å². The molecule has 9 nitrogen and oxygen atoms in total. The number of carbonyl (C=O) groups excluding carboxylic acids is 2. The van der Waals surface area contributed by atoms with Gasteiger partial charge < -0.3 is 20.1 Å². The van der Waals surface area contributed by atoms with Crippen LogP contribution in [0.15, 0.2) is 170 Å². The molecule has 432 valence electrons.